The fourth-order valence-corrected chi connectivity index (χ4v) is 6.89. The molecule has 4 heterocycles. The van der Waals surface area contributed by atoms with E-state index in [0.717, 1.165) is 31.2 Å². The number of hydrogen-bond acceptors (Lipinski definition) is 12. The maximum atomic E-state index is 13.7. The standard InChI is InChI=1S/C36H41FN12O4/c37-24-9-10-26-27(19-24)43-29(42-26)20-40-34-45-35(47-36(46-34)44-28(33(52)53)18-22-5-2-1-3-6-22)41-25-8-4-7-23(17-25)21-48-13-15-49(16-14-48)32(51)30-31(50)39-12-11-38-30/h4,7-12,17,19,22,28H,1-3,5-6,13-16,18,20-21H2,(H,39,50)(H,42,43)(H,52,53)(H3,40,41,44,45,46,47)/t28-/m0/s1. The molecule has 1 saturated heterocycles. The van der Waals surface area contributed by atoms with E-state index in [1.54, 1.807) is 11.0 Å². The molecule has 276 valence electrons. The van der Waals surface area contributed by atoms with Crippen molar-refractivity contribution in [2.24, 2.45) is 5.92 Å². The number of carboxylic acid groups (broad SMARTS) is 1. The molecule has 0 spiro atoms. The molecule has 1 aliphatic heterocycles. The number of benzene rings is 2. The molecular weight excluding hydrogens is 683 g/mol. The number of carboxylic acids is 1. The summed E-state index contributed by atoms with van der Waals surface area (Å²) in [6.07, 6.45) is 8.64. The van der Waals surface area contributed by atoms with Crippen molar-refractivity contribution in [3.8, 4) is 0 Å². The predicted octanol–water partition coefficient (Wildman–Crippen LogP) is 4.12. The molecule has 0 radical (unpaired) electrons. The van der Waals surface area contributed by atoms with Crippen molar-refractivity contribution in [1.82, 2.24) is 44.7 Å². The molecule has 2 aliphatic rings. The van der Waals surface area contributed by atoms with Crippen molar-refractivity contribution in [1.29, 1.82) is 0 Å². The monoisotopic (exact) mass is 724 g/mol. The molecule has 1 amide bonds. The topological polar surface area (TPSA) is 210 Å². The van der Waals surface area contributed by atoms with Gasteiger partial charge in [-0.25, -0.2) is 19.2 Å². The molecular formula is C36H41FN12O4. The van der Waals surface area contributed by atoms with Crippen LogP contribution in [0.15, 0.2) is 59.7 Å². The number of aromatic nitrogens is 7. The zero-order valence-corrected chi connectivity index (χ0v) is 29.0. The molecule has 17 heteroatoms. The van der Waals surface area contributed by atoms with Crippen LogP contribution in [-0.2, 0) is 17.9 Å². The van der Waals surface area contributed by atoms with Crippen LogP contribution < -0.4 is 21.5 Å². The fraction of sp³-hybridized carbons (Fsp3) is 0.389. The maximum absolute atomic E-state index is 13.7. The minimum absolute atomic E-state index is 0.108. The normalized spacial score (nSPS) is 16.0. The summed E-state index contributed by atoms with van der Waals surface area (Å²) in [7, 11) is 0. The third-order valence-electron chi connectivity index (χ3n) is 9.60. The Hall–Kier alpha value is -5.97. The minimum Gasteiger partial charge on any atom is -0.480 e. The second-order valence-corrected chi connectivity index (χ2v) is 13.4. The van der Waals surface area contributed by atoms with Crippen LogP contribution in [0.25, 0.3) is 11.0 Å². The van der Waals surface area contributed by atoms with E-state index < -0.39 is 17.6 Å². The highest BCUT2D eigenvalue weighted by Gasteiger charge is 2.26. The molecule has 2 fully saturated rings. The number of hydrogen-bond donors (Lipinski definition) is 6. The summed E-state index contributed by atoms with van der Waals surface area (Å²) in [5, 5.41) is 19.5. The number of piperazine rings is 1. The zero-order valence-electron chi connectivity index (χ0n) is 29.0. The first-order valence-corrected chi connectivity index (χ1v) is 17.8. The van der Waals surface area contributed by atoms with Gasteiger partial charge in [0.2, 0.25) is 17.8 Å². The summed E-state index contributed by atoms with van der Waals surface area (Å²) in [6.45, 7) is 2.99. The smallest absolute Gasteiger partial charge is 0.326 e. The molecule has 1 saturated carbocycles. The van der Waals surface area contributed by atoms with Crippen molar-refractivity contribution in [3.63, 3.8) is 0 Å². The number of H-pyrrole nitrogens is 2. The van der Waals surface area contributed by atoms with Crippen molar-refractivity contribution in [3.05, 3.63) is 88.1 Å². The number of rotatable bonds is 13. The van der Waals surface area contributed by atoms with Crippen LogP contribution in [-0.4, -0.2) is 93.9 Å². The fourth-order valence-electron chi connectivity index (χ4n) is 6.89. The van der Waals surface area contributed by atoms with Gasteiger partial charge in [0, 0.05) is 50.8 Å². The Morgan fingerprint density at radius 1 is 0.962 bits per heavy atom. The molecule has 6 N–H and O–H groups in total. The number of carbonyl (C=O) groups excluding carboxylic acids is 1. The predicted molar refractivity (Wildman–Crippen MR) is 195 cm³/mol. The van der Waals surface area contributed by atoms with Crippen molar-refractivity contribution >= 4 is 46.4 Å². The van der Waals surface area contributed by atoms with Gasteiger partial charge in [0.25, 0.3) is 11.5 Å². The van der Waals surface area contributed by atoms with Gasteiger partial charge in [-0.1, -0.05) is 44.2 Å². The molecule has 16 nitrogen and oxygen atoms in total. The number of aromatic amines is 2. The number of amides is 1. The van der Waals surface area contributed by atoms with Gasteiger partial charge in [0.1, 0.15) is 17.7 Å². The Balaban J connectivity index is 1.04. The van der Waals surface area contributed by atoms with Gasteiger partial charge in [-0.15, -0.1) is 0 Å². The van der Waals surface area contributed by atoms with Crippen LogP contribution >= 0.6 is 0 Å². The van der Waals surface area contributed by atoms with Crippen molar-refractivity contribution < 1.29 is 19.1 Å². The van der Waals surface area contributed by atoms with E-state index in [1.807, 2.05) is 24.3 Å². The Labute approximate surface area is 303 Å². The van der Waals surface area contributed by atoms with Gasteiger partial charge in [0.05, 0.1) is 17.6 Å². The second kappa shape index (κ2) is 16.1. The number of imidazole rings is 1. The number of carbonyl (C=O) groups is 2. The van der Waals surface area contributed by atoms with Crippen LogP contribution in [0.4, 0.5) is 27.9 Å². The van der Waals surface area contributed by atoms with Crippen LogP contribution in [0.5, 0.6) is 0 Å². The molecule has 5 aromatic rings. The Morgan fingerprint density at radius 2 is 1.75 bits per heavy atom. The summed E-state index contributed by atoms with van der Waals surface area (Å²) in [4.78, 5) is 68.8. The average Bonchev–Trinajstić information content (AvgIpc) is 3.56. The number of nitrogens with zero attached hydrogens (tertiary/aromatic N) is 7. The summed E-state index contributed by atoms with van der Waals surface area (Å²) >= 11 is 0. The van der Waals surface area contributed by atoms with Gasteiger partial charge in [-0.05, 0) is 48.2 Å². The molecule has 2 aromatic carbocycles. The largest absolute Gasteiger partial charge is 0.480 e. The number of anilines is 4. The van der Waals surface area contributed by atoms with E-state index in [2.05, 4.69) is 55.7 Å². The van der Waals surface area contributed by atoms with Crippen LogP contribution in [0.1, 0.15) is 60.4 Å². The third-order valence-corrected chi connectivity index (χ3v) is 9.60. The molecule has 1 aliphatic carbocycles. The van der Waals surface area contributed by atoms with E-state index in [9.17, 15) is 23.9 Å². The zero-order chi connectivity index (χ0) is 36.7. The molecule has 53 heavy (non-hydrogen) atoms. The lowest BCUT2D eigenvalue weighted by Crippen LogP contribution is -2.49. The maximum Gasteiger partial charge on any atom is 0.326 e. The highest BCUT2D eigenvalue weighted by Crippen LogP contribution is 2.28. The summed E-state index contributed by atoms with van der Waals surface area (Å²) in [6, 6.07) is 11.2. The first-order chi connectivity index (χ1) is 25.8. The third kappa shape index (κ3) is 9.10. The molecule has 3 aromatic heterocycles. The average molecular weight is 725 g/mol. The summed E-state index contributed by atoms with van der Waals surface area (Å²) in [5.41, 5.74) is 2.30. The van der Waals surface area contributed by atoms with Gasteiger partial charge in [-0.2, -0.15) is 15.0 Å². The van der Waals surface area contributed by atoms with Crippen molar-refractivity contribution in [2.45, 2.75) is 57.7 Å². The lowest BCUT2D eigenvalue weighted by Gasteiger charge is -2.34. The molecule has 0 unspecified atom stereocenters. The quantitative estimate of drug-likeness (QED) is 0.101. The Morgan fingerprint density at radius 3 is 2.55 bits per heavy atom. The number of aliphatic carboxylic acids is 1. The van der Waals surface area contributed by atoms with Crippen LogP contribution in [0.3, 0.4) is 0 Å². The molecule has 0 bridgehead atoms. The van der Waals surface area contributed by atoms with Gasteiger partial charge < -0.3 is 35.9 Å². The highest BCUT2D eigenvalue weighted by atomic mass is 19.1. The van der Waals surface area contributed by atoms with E-state index in [1.165, 1.54) is 30.9 Å². The van der Waals surface area contributed by atoms with Gasteiger partial charge >= 0.3 is 5.97 Å². The molecule has 7 rings (SSSR count). The number of halogens is 1. The summed E-state index contributed by atoms with van der Waals surface area (Å²) in [5.74, 6) is -0.377. The lowest BCUT2D eigenvalue weighted by molar-refractivity contribution is -0.138. The van der Waals surface area contributed by atoms with Crippen molar-refractivity contribution in [2.75, 3.05) is 42.1 Å². The van der Waals surface area contributed by atoms with E-state index in [-0.39, 0.29) is 41.8 Å². The van der Waals surface area contributed by atoms with Crippen LogP contribution in [0.2, 0.25) is 0 Å². The van der Waals surface area contributed by atoms with Gasteiger partial charge in [0.15, 0.2) is 5.69 Å². The van der Waals surface area contributed by atoms with E-state index in [0.29, 0.717) is 67.6 Å². The van der Waals surface area contributed by atoms with E-state index in [4.69, 9.17) is 0 Å². The molecule has 1 atom stereocenters. The Kier molecular flexibility index (Phi) is 10.8. The first-order valence-electron chi connectivity index (χ1n) is 17.8. The first kappa shape index (κ1) is 35.4. The highest BCUT2D eigenvalue weighted by molar-refractivity contribution is 5.92. The number of fused-ring (bicyclic) bond motifs is 1. The Bertz CT molecular complexity index is 2130. The number of nitrogens with one attached hydrogen (secondary N) is 5. The second-order valence-electron chi connectivity index (χ2n) is 13.4. The SMILES string of the molecule is O=C(O)[C@H](CC1CCCCC1)Nc1nc(NCc2nc3ccc(F)cc3[nH]2)nc(Nc2cccc(CN3CCN(C(=O)c4ncc[nH]c4=O)CC3)c2)n1. The van der Waals surface area contributed by atoms with Crippen LogP contribution in [0, 0.1) is 11.7 Å². The van der Waals surface area contributed by atoms with E-state index >= 15 is 0 Å². The minimum atomic E-state index is -0.974. The van der Waals surface area contributed by atoms with Gasteiger partial charge in [-0.3, -0.25) is 14.5 Å². The lowest BCUT2D eigenvalue weighted by atomic mass is 9.85. The summed E-state index contributed by atoms with van der Waals surface area (Å²) < 4.78 is 13.7.